The molecule has 1 unspecified atom stereocenters. The fourth-order valence-corrected chi connectivity index (χ4v) is 0.501. The molecule has 1 atom stereocenters. The van der Waals surface area contributed by atoms with Crippen molar-refractivity contribution >= 4 is 6.16 Å². The van der Waals surface area contributed by atoms with Crippen LogP contribution in [0.2, 0.25) is 0 Å². The smallest absolute Gasteiger partial charge is 0.432 e. The zero-order valence-corrected chi connectivity index (χ0v) is 7.49. The van der Waals surface area contributed by atoms with Gasteiger partial charge in [-0.15, -0.1) is 6.42 Å². The number of carbonyl (C=O) groups excluding carboxylic acids is 1. The Morgan fingerprint density at radius 1 is 1.62 bits per heavy atom. The van der Waals surface area contributed by atoms with Gasteiger partial charge < -0.3 is 14.2 Å². The maximum Gasteiger partial charge on any atom is 0.509 e. The minimum Gasteiger partial charge on any atom is -0.432 e. The first-order valence-corrected chi connectivity index (χ1v) is 3.77. The van der Waals surface area contributed by atoms with Crippen LogP contribution < -0.4 is 5.73 Å². The van der Waals surface area contributed by atoms with E-state index in [0.29, 0.717) is 0 Å². The fraction of sp³-hybridized carbons (Fsp3) is 0.625. The molecule has 0 heterocycles. The van der Waals surface area contributed by atoms with Gasteiger partial charge in [-0.3, -0.25) is 5.73 Å². The van der Waals surface area contributed by atoms with Gasteiger partial charge >= 0.3 is 6.16 Å². The Bertz CT molecular complexity index is 185. The van der Waals surface area contributed by atoms with E-state index in [1.807, 2.05) is 0 Å². The van der Waals surface area contributed by atoms with Gasteiger partial charge in [-0.1, -0.05) is 5.92 Å². The zero-order valence-electron chi connectivity index (χ0n) is 7.49. The van der Waals surface area contributed by atoms with E-state index in [1.165, 1.54) is 6.92 Å². The van der Waals surface area contributed by atoms with Crippen LogP contribution in [0.25, 0.3) is 0 Å². The molecule has 74 valence electrons. The lowest BCUT2D eigenvalue weighted by molar-refractivity contribution is 0.0146. The number of nitrogens with two attached hydrogens (primary N) is 1. The summed E-state index contributed by atoms with van der Waals surface area (Å²) < 4.78 is 13.9. The SMILES string of the molecule is C#CCOCCOC(=O)OC(C)N. The number of hydrogen-bond donors (Lipinski definition) is 1. The van der Waals surface area contributed by atoms with Crippen molar-refractivity contribution in [1.82, 2.24) is 0 Å². The minimum absolute atomic E-state index is 0.104. The topological polar surface area (TPSA) is 70.8 Å². The first kappa shape index (κ1) is 11.8. The lowest BCUT2D eigenvalue weighted by Crippen LogP contribution is -2.24. The molecule has 0 aliphatic rings. The lowest BCUT2D eigenvalue weighted by atomic mass is 10.7. The van der Waals surface area contributed by atoms with Gasteiger partial charge in [0.25, 0.3) is 0 Å². The van der Waals surface area contributed by atoms with Gasteiger partial charge in [0.2, 0.25) is 0 Å². The van der Waals surface area contributed by atoms with Gasteiger partial charge in [-0.05, 0) is 6.92 Å². The Morgan fingerprint density at radius 3 is 2.85 bits per heavy atom. The maximum atomic E-state index is 10.7. The Hall–Kier alpha value is -1.25. The van der Waals surface area contributed by atoms with Crippen molar-refractivity contribution in [3.8, 4) is 12.3 Å². The first-order valence-electron chi connectivity index (χ1n) is 3.77. The van der Waals surface area contributed by atoms with Gasteiger partial charge in [0.1, 0.15) is 13.2 Å². The predicted octanol–water partition coefficient (Wildman–Crippen LogP) is 0.0941. The monoisotopic (exact) mass is 187 g/mol. The molecular weight excluding hydrogens is 174 g/mol. The summed E-state index contributed by atoms with van der Waals surface area (Å²) in [6, 6.07) is 0. The molecule has 0 fully saturated rings. The summed E-state index contributed by atoms with van der Waals surface area (Å²) in [5, 5.41) is 0. The summed E-state index contributed by atoms with van der Waals surface area (Å²) in [7, 11) is 0. The lowest BCUT2D eigenvalue weighted by Gasteiger charge is -2.07. The highest BCUT2D eigenvalue weighted by atomic mass is 16.7. The average molecular weight is 187 g/mol. The molecule has 0 aliphatic carbocycles. The molecule has 0 aliphatic heterocycles. The van der Waals surface area contributed by atoms with E-state index in [0.717, 1.165) is 0 Å². The number of ether oxygens (including phenoxy) is 3. The Labute approximate surface area is 77.1 Å². The Kier molecular flexibility index (Phi) is 6.69. The predicted molar refractivity (Wildman–Crippen MR) is 45.7 cm³/mol. The molecule has 0 saturated carbocycles. The van der Waals surface area contributed by atoms with Crippen LogP contribution in [0.15, 0.2) is 0 Å². The van der Waals surface area contributed by atoms with E-state index < -0.39 is 12.4 Å². The van der Waals surface area contributed by atoms with E-state index in [1.54, 1.807) is 0 Å². The van der Waals surface area contributed by atoms with Gasteiger partial charge in [0.15, 0.2) is 6.23 Å². The van der Waals surface area contributed by atoms with Crippen molar-refractivity contribution in [2.45, 2.75) is 13.2 Å². The molecule has 0 saturated heterocycles. The second kappa shape index (κ2) is 7.40. The molecule has 0 aromatic rings. The van der Waals surface area contributed by atoms with Crippen molar-refractivity contribution in [2.24, 2.45) is 5.73 Å². The maximum absolute atomic E-state index is 10.7. The van der Waals surface area contributed by atoms with Crippen LogP contribution in [0.3, 0.4) is 0 Å². The van der Waals surface area contributed by atoms with Crippen LogP contribution in [-0.4, -0.2) is 32.2 Å². The largest absolute Gasteiger partial charge is 0.509 e. The molecule has 0 spiro atoms. The van der Waals surface area contributed by atoms with Crippen LogP contribution >= 0.6 is 0 Å². The second-order valence-corrected chi connectivity index (χ2v) is 2.18. The van der Waals surface area contributed by atoms with Gasteiger partial charge in [0.05, 0.1) is 6.61 Å². The highest BCUT2D eigenvalue weighted by Crippen LogP contribution is 1.88. The highest BCUT2D eigenvalue weighted by Gasteiger charge is 2.05. The average Bonchev–Trinajstić information content (AvgIpc) is 2.02. The summed E-state index contributed by atoms with van der Waals surface area (Å²) in [4.78, 5) is 10.7. The summed E-state index contributed by atoms with van der Waals surface area (Å²) in [5.74, 6) is 2.27. The molecular formula is C8H13NO4. The van der Waals surface area contributed by atoms with Crippen LogP contribution in [0.1, 0.15) is 6.92 Å². The summed E-state index contributed by atoms with van der Waals surface area (Å²) in [5.41, 5.74) is 5.16. The number of hydrogen-bond acceptors (Lipinski definition) is 5. The van der Waals surface area contributed by atoms with E-state index in [2.05, 4.69) is 15.4 Å². The van der Waals surface area contributed by atoms with Crippen LogP contribution in [0.4, 0.5) is 4.79 Å². The summed E-state index contributed by atoms with van der Waals surface area (Å²) in [6.45, 7) is 2.08. The number of terminal acetylenes is 1. The molecule has 0 aromatic carbocycles. The van der Waals surface area contributed by atoms with E-state index >= 15 is 0 Å². The fourth-order valence-electron chi connectivity index (χ4n) is 0.501. The Morgan fingerprint density at radius 2 is 2.31 bits per heavy atom. The summed E-state index contributed by atoms with van der Waals surface area (Å²) >= 11 is 0. The molecule has 5 nitrogen and oxygen atoms in total. The Balaban J connectivity index is 3.23. The van der Waals surface area contributed by atoms with Gasteiger partial charge in [0, 0.05) is 0 Å². The first-order chi connectivity index (χ1) is 6.16. The van der Waals surface area contributed by atoms with E-state index in [4.69, 9.17) is 16.9 Å². The normalized spacial score (nSPS) is 11.5. The van der Waals surface area contributed by atoms with E-state index in [9.17, 15) is 4.79 Å². The molecule has 5 heteroatoms. The number of carbonyl (C=O) groups is 1. The third-order valence-corrected chi connectivity index (χ3v) is 0.915. The number of rotatable bonds is 5. The van der Waals surface area contributed by atoms with Crippen LogP contribution in [-0.2, 0) is 14.2 Å². The van der Waals surface area contributed by atoms with Crippen LogP contribution in [0.5, 0.6) is 0 Å². The highest BCUT2D eigenvalue weighted by molar-refractivity contribution is 5.59. The zero-order chi connectivity index (χ0) is 10.1. The quantitative estimate of drug-likeness (QED) is 0.286. The van der Waals surface area contributed by atoms with Crippen molar-refractivity contribution in [3.63, 3.8) is 0 Å². The van der Waals surface area contributed by atoms with Crippen molar-refractivity contribution in [2.75, 3.05) is 19.8 Å². The van der Waals surface area contributed by atoms with E-state index in [-0.39, 0.29) is 19.8 Å². The second-order valence-electron chi connectivity index (χ2n) is 2.18. The molecule has 2 N–H and O–H groups in total. The summed E-state index contributed by atoms with van der Waals surface area (Å²) in [6.07, 6.45) is 3.44. The van der Waals surface area contributed by atoms with Gasteiger partial charge in [-0.2, -0.15) is 0 Å². The molecule has 13 heavy (non-hydrogen) atoms. The van der Waals surface area contributed by atoms with Crippen molar-refractivity contribution in [1.29, 1.82) is 0 Å². The molecule has 0 rings (SSSR count). The third kappa shape index (κ3) is 8.66. The molecule has 0 radical (unpaired) electrons. The molecule has 0 aromatic heterocycles. The molecule has 0 bridgehead atoms. The van der Waals surface area contributed by atoms with Crippen molar-refractivity contribution < 1.29 is 19.0 Å². The minimum atomic E-state index is -0.806. The molecule has 0 amide bonds. The van der Waals surface area contributed by atoms with Gasteiger partial charge in [-0.25, -0.2) is 4.79 Å². The third-order valence-electron chi connectivity index (χ3n) is 0.915. The van der Waals surface area contributed by atoms with Crippen molar-refractivity contribution in [3.05, 3.63) is 0 Å². The standard InChI is InChI=1S/C8H13NO4/c1-3-4-11-5-6-12-8(10)13-7(2)9/h1,7H,4-6,9H2,2H3. The van der Waals surface area contributed by atoms with Crippen LogP contribution in [0, 0.1) is 12.3 Å².